The van der Waals surface area contributed by atoms with E-state index in [1.807, 2.05) is 12.1 Å². The van der Waals surface area contributed by atoms with Crippen LogP contribution in [0.25, 0.3) is 11.1 Å². The molecule has 2 aromatic rings. The lowest BCUT2D eigenvalue weighted by Gasteiger charge is -2.11. The van der Waals surface area contributed by atoms with Crippen LogP contribution in [0.5, 0.6) is 0 Å². The second-order valence-corrected chi connectivity index (χ2v) is 4.26. The molecule has 0 saturated carbocycles. The molecule has 0 bridgehead atoms. The number of nitrogen functional groups attached to an aromatic ring is 2. The Bertz CT molecular complexity index is 633. The van der Waals surface area contributed by atoms with Gasteiger partial charge in [0, 0.05) is 17.5 Å². The Morgan fingerprint density at radius 2 is 2.00 bits per heavy atom. The predicted molar refractivity (Wildman–Crippen MR) is 79.5 cm³/mol. The van der Waals surface area contributed by atoms with Gasteiger partial charge in [0.05, 0.1) is 0 Å². The van der Waals surface area contributed by atoms with Gasteiger partial charge in [-0.2, -0.15) is 0 Å². The van der Waals surface area contributed by atoms with E-state index in [1.165, 1.54) is 0 Å². The molecular weight excluding hydrogens is 252 g/mol. The second-order valence-electron chi connectivity index (χ2n) is 4.26. The van der Waals surface area contributed by atoms with Gasteiger partial charge in [0.2, 0.25) is 0 Å². The zero-order valence-electron chi connectivity index (χ0n) is 10.9. The van der Waals surface area contributed by atoms with Crippen molar-refractivity contribution >= 4 is 17.3 Å². The molecule has 2 rings (SSSR count). The van der Waals surface area contributed by atoms with Crippen molar-refractivity contribution in [3.05, 3.63) is 60.7 Å². The molecule has 0 amide bonds. The Morgan fingerprint density at radius 1 is 1.25 bits per heavy atom. The Hall–Kier alpha value is -2.75. The van der Waals surface area contributed by atoms with Gasteiger partial charge in [0.1, 0.15) is 6.61 Å². The molecule has 0 unspecified atom stereocenters. The molecule has 0 heterocycles. The minimum atomic E-state index is -0.473. The van der Waals surface area contributed by atoms with Crippen LogP contribution in [0.15, 0.2) is 49.1 Å². The third-order valence-corrected chi connectivity index (χ3v) is 2.79. The average Bonchev–Trinajstić information content (AvgIpc) is 2.46. The van der Waals surface area contributed by atoms with Crippen molar-refractivity contribution in [1.29, 1.82) is 0 Å². The van der Waals surface area contributed by atoms with Crippen molar-refractivity contribution in [3.8, 4) is 11.1 Å². The second kappa shape index (κ2) is 5.93. The van der Waals surface area contributed by atoms with E-state index in [0.717, 1.165) is 22.8 Å². The maximum Gasteiger partial charge on any atom is 0.330 e. The van der Waals surface area contributed by atoms with Gasteiger partial charge >= 0.3 is 5.97 Å². The highest BCUT2D eigenvalue weighted by Gasteiger charge is 2.08. The monoisotopic (exact) mass is 267 g/mol. The highest BCUT2D eigenvalue weighted by molar-refractivity contribution is 5.81. The Balaban J connectivity index is 2.34. The number of esters is 1. The van der Waals surface area contributed by atoms with E-state index >= 15 is 0 Å². The number of benzene rings is 2. The van der Waals surface area contributed by atoms with E-state index < -0.39 is 5.97 Å². The summed E-state index contributed by atoms with van der Waals surface area (Å²) in [7, 11) is 0. The van der Waals surface area contributed by atoms with E-state index in [9.17, 15) is 4.79 Å². The summed E-state index contributed by atoms with van der Waals surface area (Å²) in [5, 5.41) is 0. The molecule has 1 radical (unpaired) electrons. The summed E-state index contributed by atoms with van der Waals surface area (Å²) in [5.74, 6) is -0.473. The van der Waals surface area contributed by atoms with Crippen LogP contribution in [-0.4, -0.2) is 5.97 Å². The summed E-state index contributed by atoms with van der Waals surface area (Å²) in [6, 6.07) is 13.9. The Labute approximate surface area is 117 Å². The Kier molecular flexibility index (Phi) is 4.05. The first-order valence-electron chi connectivity index (χ1n) is 6.05. The summed E-state index contributed by atoms with van der Waals surface area (Å²) in [4.78, 5) is 11.2. The molecule has 0 aliphatic heterocycles. The maximum atomic E-state index is 11.2. The average molecular weight is 267 g/mol. The predicted octanol–water partition coefficient (Wildman–Crippen LogP) is 2.55. The lowest BCUT2D eigenvalue weighted by Crippen LogP contribution is -2.02. The number of anilines is 2. The van der Waals surface area contributed by atoms with Crippen LogP contribution in [0.3, 0.4) is 0 Å². The van der Waals surface area contributed by atoms with Gasteiger partial charge in [-0.05, 0) is 47.0 Å². The Morgan fingerprint density at radius 3 is 2.65 bits per heavy atom. The van der Waals surface area contributed by atoms with Crippen LogP contribution in [0.2, 0.25) is 0 Å². The van der Waals surface area contributed by atoms with Gasteiger partial charge in [0.25, 0.3) is 0 Å². The van der Waals surface area contributed by atoms with Gasteiger partial charge in [-0.1, -0.05) is 18.7 Å². The lowest BCUT2D eigenvalue weighted by atomic mass is 9.99. The van der Waals surface area contributed by atoms with Crippen LogP contribution in [-0.2, 0) is 16.1 Å². The molecule has 101 valence electrons. The van der Waals surface area contributed by atoms with E-state index in [1.54, 1.807) is 24.3 Å². The van der Waals surface area contributed by atoms with Gasteiger partial charge in [0.15, 0.2) is 0 Å². The summed E-state index contributed by atoms with van der Waals surface area (Å²) in [5.41, 5.74) is 15.2. The summed E-state index contributed by atoms with van der Waals surface area (Å²) >= 11 is 0. The quantitative estimate of drug-likeness (QED) is 0.507. The highest BCUT2D eigenvalue weighted by atomic mass is 16.5. The molecular formula is C16H15N2O2. The number of carbonyl (C=O) groups is 1. The number of hydrogen-bond acceptors (Lipinski definition) is 4. The molecule has 0 spiro atoms. The number of rotatable bonds is 4. The van der Waals surface area contributed by atoms with Crippen LogP contribution < -0.4 is 11.5 Å². The SMILES string of the molecule is C=CC(=O)OCc1cc(N)ccc1-c1[c]cc(N)cc1. The number of ether oxygens (including phenoxy) is 1. The molecule has 0 aliphatic rings. The minimum Gasteiger partial charge on any atom is -0.458 e. The van der Waals surface area contributed by atoms with Crippen molar-refractivity contribution in [2.75, 3.05) is 11.5 Å². The number of carbonyl (C=O) groups excluding carboxylic acids is 1. The summed E-state index contributed by atoms with van der Waals surface area (Å²) in [6.07, 6.45) is 1.13. The molecule has 4 nitrogen and oxygen atoms in total. The summed E-state index contributed by atoms with van der Waals surface area (Å²) in [6.45, 7) is 3.49. The topological polar surface area (TPSA) is 78.3 Å². The van der Waals surface area contributed by atoms with Gasteiger partial charge in [-0.15, -0.1) is 0 Å². The van der Waals surface area contributed by atoms with Crippen LogP contribution in [0, 0.1) is 6.07 Å². The fourth-order valence-electron chi connectivity index (χ4n) is 1.81. The van der Waals surface area contributed by atoms with Crippen molar-refractivity contribution < 1.29 is 9.53 Å². The zero-order chi connectivity index (χ0) is 14.5. The van der Waals surface area contributed by atoms with Crippen LogP contribution in [0.4, 0.5) is 11.4 Å². The lowest BCUT2D eigenvalue weighted by molar-refractivity contribution is -0.138. The third-order valence-electron chi connectivity index (χ3n) is 2.79. The molecule has 0 fully saturated rings. The fraction of sp³-hybridized carbons (Fsp3) is 0.0625. The van der Waals surface area contributed by atoms with Crippen molar-refractivity contribution in [2.24, 2.45) is 0 Å². The van der Waals surface area contributed by atoms with Crippen molar-refractivity contribution in [1.82, 2.24) is 0 Å². The maximum absolute atomic E-state index is 11.2. The molecule has 2 aromatic carbocycles. The molecule has 0 saturated heterocycles. The molecule has 20 heavy (non-hydrogen) atoms. The van der Waals surface area contributed by atoms with Gasteiger partial charge in [-0.3, -0.25) is 0 Å². The van der Waals surface area contributed by atoms with Gasteiger partial charge < -0.3 is 16.2 Å². The van der Waals surface area contributed by atoms with Crippen LogP contribution >= 0.6 is 0 Å². The smallest absolute Gasteiger partial charge is 0.330 e. The van der Waals surface area contributed by atoms with E-state index in [2.05, 4.69) is 12.6 Å². The first-order chi connectivity index (χ1) is 9.60. The zero-order valence-corrected chi connectivity index (χ0v) is 10.9. The minimum absolute atomic E-state index is 0.128. The molecule has 4 heteroatoms. The van der Waals surface area contributed by atoms with Crippen LogP contribution in [0.1, 0.15) is 5.56 Å². The normalized spacial score (nSPS) is 10.0. The first kappa shape index (κ1) is 13.7. The highest BCUT2D eigenvalue weighted by Crippen LogP contribution is 2.26. The van der Waals surface area contributed by atoms with E-state index in [0.29, 0.717) is 11.4 Å². The molecule has 0 atom stereocenters. The van der Waals surface area contributed by atoms with E-state index in [-0.39, 0.29) is 6.61 Å². The van der Waals surface area contributed by atoms with Gasteiger partial charge in [-0.25, -0.2) is 4.79 Å². The number of nitrogens with two attached hydrogens (primary N) is 2. The van der Waals surface area contributed by atoms with Crippen molar-refractivity contribution in [3.63, 3.8) is 0 Å². The fourth-order valence-corrected chi connectivity index (χ4v) is 1.81. The molecule has 4 N–H and O–H groups in total. The first-order valence-corrected chi connectivity index (χ1v) is 6.05. The van der Waals surface area contributed by atoms with E-state index in [4.69, 9.17) is 16.2 Å². The molecule has 0 aromatic heterocycles. The van der Waals surface area contributed by atoms with Crippen molar-refractivity contribution in [2.45, 2.75) is 6.61 Å². The summed E-state index contributed by atoms with van der Waals surface area (Å²) < 4.78 is 5.07. The standard InChI is InChI=1S/C16H15N2O2/c1-2-16(19)20-10-12-9-14(18)7-8-15(12)11-3-5-13(17)6-4-11/h2-3,5-9H,1,10,17-18H2. The largest absolute Gasteiger partial charge is 0.458 e. The number of hydrogen-bond donors (Lipinski definition) is 2. The third kappa shape index (κ3) is 3.17. The molecule has 0 aliphatic carbocycles.